The molecule has 0 fully saturated rings. The topological polar surface area (TPSA) is 50.4 Å². The number of anilines is 1. The molecule has 0 bridgehead atoms. The molecule has 94 valence electrons. The van der Waals surface area contributed by atoms with Crippen molar-refractivity contribution in [3.8, 4) is 0 Å². The second-order valence-corrected chi connectivity index (χ2v) is 3.92. The van der Waals surface area contributed by atoms with Gasteiger partial charge in [0, 0.05) is 25.9 Å². The van der Waals surface area contributed by atoms with E-state index in [1.54, 1.807) is 7.11 Å². The van der Waals surface area contributed by atoms with Gasteiger partial charge in [0.15, 0.2) is 0 Å². The van der Waals surface area contributed by atoms with Crippen LogP contribution in [0.25, 0.3) is 0 Å². The van der Waals surface area contributed by atoms with Gasteiger partial charge in [-0.3, -0.25) is 4.79 Å². The quantitative estimate of drug-likeness (QED) is 0.706. The van der Waals surface area contributed by atoms with Crippen molar-refractivity contribution in [2.75, 3.05) is 32.1 Å². The van der Waals surface area contributed by atoms with Crippen molar-refractivity contribution in [1.82, 2.24) is 5.32 Å². The number of benzene rings is 1. The summed E-state index contributed by atoms with van der Waals surface area (Å²) in [5.41, 5.74) is 2.15. The number of hydrogen-bond acceptors (Lipinski definition) is 3. The van der Waals surface area contributed by atoms with Crippen LogP contribution < -0.4 is 10.6 Å². The largest absolute Gasteiger partial charge is 0.385 e. The number of carbonyl (C=O) groups excluding carboxylic acids is 1. The molecule has 4 heteroatoms. The van der Waals surface area contributed by atoms with Crippen LogP contribution >= 0.6 is 0 Å². The second-order valence-electron chi connectivity index (χ2n) is 3.92. The lowest BCUT2D eigenvalue weighted by Gasteiger charge is -2.08. The lowest BCUT2D eigenvalue weighted by Crippen LogP contribution is -2.31. The normalized spacial score (nSPS) is 10.0. The molecule has 1 aromatic rings. The van der Waals surface area contributed by atoms with Crippen molar-refractivity contribution >= 4 is 11.6 Å². The molecule has 1 aromatic carbocycles. The highest BCUT2D eigenvalue weighted by Crippen LogP contribution is 2.08. The third-order valence-corrected chi connectivity index (χ3v) is 2.32. The summed E-state index contributed by atoms with van der Waals surface area (Å²) >= 11 is 0. The van der Waals surface area contributed by atoms with E-state index < -0.39 is 0 Å². The van der Waals surface area contributed by atoms with Gasteiger partial charge in [0.1, 0.15) is 0 Å². The fraction of sp³-hybridized carbons (Fsp3) is 0.462. The molecular formula is C13H20N2O2. The van der Waals surface area contributed by atoms with Crippen molar-refractivity contribution in [1.29, 1.82) is 0 Å². The Bertz CT molecular complexity index is 353. The van der Waals surface area contributed by atoms with E-state index in [4.69, 9.17) is 4.74 Å². The minimum absolute atomic E-state index is 0.00242. The summed E-state index contributed by atoms with van der Waals surface area (Å²) in [4.78, 5) is 11.5. The van der Waals surface area contributed by atoms with Crippen LogP contribution in [-0.4, -0.2) is 32.7 Å². The Morgan fingerprint density at radius 1 is 1.41 bits per heavy atom. The molecule has 1 amide bonds. The van der Waals surface area contributed by atoms with Gasteiger partial charge in [0.25, 0.3) is 0 Å². The summed E-state index contributed by atoms with van der Waals surface area (Å²) in [6.07, 6.45) is 0.840. The Morgan fingerprint density at radius 3 is 2.94 bits per heavy atom. The Hall–Kier alpha value is -1.55. The maximum absolute atomic E-state index is 11.5. The average molecular weight is 236 g/mol. The molecule has 0 heterocycles. The van der Waals surface area contributed by atoms with Crippen LogP contribution in [0.15, 0.2) is 24.3 Å². The van der Waals surface area contributed by atoms with E-state index >= 15 is 0 Å². The van der Waals surface area contributed by atoms with Gasteiger partial charge in [0.2, 0.25) is 5.91 Å². The van der Waals surface area contributed by atoms with Gasteiger partial charge in [0.05, 0.1) is 6.54 Å². The number of rotatable bonds is 7. The fourth-order valence-corrected chi connectivity index (χ4v) is 1.44. The summed E-state index contributed by atoms with van der Waals surface area (Å²) in [7, 11) is 1.65. The second kappa shape index (κ2) is 7.68. The molecular weight excluding hydrogens is 216 g/mol. The van der Waals surface area contributed by atoms with E-state index in [-0.39, 0.29) is 5.91 Å². The zero-order valence-electron chi connectivity index (χ0n) is 10.5. The summed E-state index contributed by atoms with van der Waals surface area (Å²) in [5.74, 6) is 0.00242. The van der Waals surface area contributed by atoms with Crippen LogP contribution in [-0.2, 0) is 9.53 Å². The fourth-order valence-electron chi connectivity index (χ4n) is 1.44. The third kappa shape index (κ3) is 5.92. The van der Waals surface area contributed by atoms with Crippen LogP contribution in [0.2, 0.25) is 0 Å². The van der Waals surface area contributed by atoms with Crippen LogP contribution in [0.3, 0.4) is 0 Å². The lowest BCUT2D eigenvalue weighted by molar-refractivity contribution is -0.119. The highest BCUT2D eigenvalue weighted by Gasteiger charge is 2.00. The highest BCUT2D eigenvalue weighted by molar-refractivity contribution is 5.80. The SMILES string of the molecule is COCCCNC(=O)CNc1cccc(C)c1. The number of aryl methyl sites for hydroxylation is 1. The molecule has 0 saturated carbocycles. The van der Waals surface area contributed by atoms with Gasteiger partial charge in [-0.1, -0.05) is 12.1 Å². The Kier molecular flexibility index (Phi) is 6.10. The Morgan fingerprint density at radius 2 is 2.24 bits per heavy atom. The van der Waals surface area contributed by atoms with E-state index in [0.29, 0.717) is 19.7 Å². The van der Waals surface area contributed by atoms with Crippen molar-refractivity contribution in [2.45, 2.75) is 13.3 Å². The van der Waals surface area contributed by atoms with Crippen molar-refractivity contribution in [2.24, 2.45) is 0 Å². The molecule has 0 aliphatic heterocycles. The molecule has 0 atom stereocenters. The standard InChI is InChI=1S/C13H20N2O2/c1-11-5-3-6-12(9-11)15-10-13(16)14-7-4-8-17-2/h3,5-6,9,15H,4,7-8,10H2,1-2H3,(H,14,16). The molecule has 0 aliphatic rings. The minimum atomic E-state index is 0.00242. The molecule has 0 radical (unpaired) electrons. The van der Waals surface area contributed by atoms with Crippen LogP contribution in [0.1, 0.15) is 12.0 Å². The molecule has 1 rings (SSSR count). The maximum Gasteiger partial charge on any atom is 0.239 e. The van der Waals surface area contributed by atoms with E-state index in [1.165, 1.54) is 5.56 Å². The summed E-state index contributed by atoms with van der Waals surface area (Å²) in [6.45, 7) is 3.65. The van der Waals surface area contributed by atoms with Gasteiger partial charge in [-0.05, 0) is 31.0 Å². The van der Waals surface area contributed by atoms with E-state index in [2.05, 4.69) is 10.6 Å². The molecule has 0 aliphatic carbocycles. The first-order valence-electron chi connectivity index (χ1n) is 5.78. The number of hydrogen-bond donors (Lipinski definition) is 2. The first kappa shape index (κ1) is 13.5. The molecule has 0 saturated heterocycles. The molecule has 2 N–H and O–H groups in total. The predicted molar refractivity (Wildman–Crippen MR) is 69.2 cm³/mol. The molecule has 0 unspecified atom stereocenters. The first-order valence-corrected chi connectivity index (χ1v) is 5.78. The van der Waals surface area contributed by atoms with Crippen molar-refractivity contribution in [3.05, 3.63) is 29.8 Å². The monoisotopic (exact) mass is 236 g/mol. The number of amides is 1. The van der Waals surface area contributed by atoms with Gasteiger partial charge in [-0.15, -0.1) is 0 Å². The van der Waals surface area contributed by atoms with Gasteiger partial charge in [-0.25, -0.2) is 0 Å². The summed E-state index contributed by atoms with van der Waals surface area (Å²) in [6, 6.07) is 7.95. The van der Waals surface area contributed by atoms with Crippen LogP contribution in [0.4, 0.5) is 5.69 Å². The number of nitrogens with one attached hydrogen (secondary N) is 2. The van der Waals surface area contributed by atoms with Crippen LogP contribution in [0.5, 0.6) is 0 Å². The third-order valence-electron chi connectivity index (χ3n) is 2.32. The van der Waals surface area contributed by atoms with Gasteiger partial charge in [-0.2, -0.15) is 0 Å². The van der Waals surface area contributed by atoms with Gasteiger partial charge >= 0.3 is 0 Å². The average Bonchev–Trinajstić information content (AvgIpc) is 2.32. The minimum Gasteiger partial charge on any atom is -0.385 e. The summed E-state index contributed by atoms with van der Waals surface area (Å²) in [5, 5.41) is 5.90. The Balaban J connectivity index is 2.19. The molecule has 4 nitrogen and oxygen atoms in total. The number of methoxy groups -OCH3 is 1. The zero-order chi connectivity index (χ0) is 12.5. The maximum atomic E-state index is 11.5. The number of carbonyl (C=O) groups is 1. The van der Waals surface area contributed by atoms with Crippen LogP contribution in [0, 0.1) is 6.92 Å². The van der Waals surface area contributed by atoms with E-state index in [0.717, 1.165) is 12.1 Å². The molecule has 0 aromatic heterocycles. The van der Waals surface area contributed by atoms with Gasteiger partial charge < -0.3 is 15.4 Å². The molecule has 0 spiro atoms. The smallest absolute Gasteiger partial charge is 0.239 e. The number of ether oxygens (including phenoxy) is 1. The Labute approximate surface area is 102 Å². The zero-order valence-corrected chi connectivity index (χ0v) is 10.5. The first-order chi connectivity index (χ1) is 8.22. The van der Waals surface area contributed by atoms with E-state index in [1.807, 2.05) is 31.2 Å². The predicted octanol–water partition coefficient (Wildman–Crippen LogP) is 1.56. The summed E-state index contributed by atoms with van der Waals surface area (Å²) < 4.78 is 4.90. The molecule has 17 heavy (non-hydrogen) atoms. The van der Waals surface area contributed by atoms with Crippen molar-refractivity contribution in [3.63, 3.8) is 0 Å². The lowest BCUT2D eigenvalue weighted by atomic mass is 10.2. The van der Waals surface area contributed by atoms with E-state index in [9.17, 15) is 4.79 Å². The highest BCUT2D eigenvalue weighted by atomic mass is 16.5. The van der Waals surface area contributed by atoms with Crippen molar-refractivity contribution < 1.29 is 9.53 Å².